The van der Waals surface area contributed by atoms with E-state index in [2.05, 4.69) is 49.9 Å². The maximum Gasteiger partial charge on any atom is 0.162 e. The van der Waals surface area contributed by atoms with E-state index in [0.29, 0.717) is 5.92 Å². The van der Waals surface area contributed by atoms with E-state index in [1.165, 1.54) is 30.7 Å². The van der Waals surface area contributed by atoms with Crippen LogP contribution in [0.1, 0.15) is 24.8 Å². The average molecular weight is 517 g/mol. The second-order valence-electron chi connectivity index (χ2n) is 7.88. The second-order valence-corrected chi connectivity index (χ2v) is 9.69. The quantitative estimate of drug-likeness (QED) is 0.611. The molecule has 0 spiro atoms. The molecule has 1 aromatic carbocycles. The summed E-state index contributed by atoms with van der Waals surface area (Å²) in [5, 5.41) is 6.44. The predicted octanol–water partition coefficient (Wildman–Crippen LogP) is 4.47. The van der Waals surface area contributed by atoms with Crippen molar-refractivity contribution in [2.75, 3.05) is 32.8 Å². The highest BCUT2D eigenvalue weighted by molar-refractivity contribution is 9.10. The maximum absolute atomic E-state index is 12.1. The number of halogens is 2. The summed E-state index contributed by atoms with van der Waals surface area (Å²) >= 11 is 4.73. The number of hydrogen-bond donors (Lipinski definition) is 1. The van der Waals surface area contributed by atoms with Crippen LogP contribution in [0.2, 0.25) is 0 Å². The van der Waals surface area contributed by atoms with Gasteiger partial charge in [0.15, 0.2) is 10.8 Å². The van der Waals surface area contributed by atoms with E-state index < -0.39 is 0 Å². The summed E-state index contributed by atoms with van der Waals surface area (Å²) in [6, 6.07) is 6.33. The van der Waals surface area contributed by atoms with Gasteiger partial charge in [0.25, 0.3) is 0 Å². The van der Waals surface area contributed by atoms with Crippen LogP contribution in [0.15, 0.2) is 56.6 Å². The van der Waals surface area contributed by atoms with Crippen LogP contribution < -0.4 is 5.32 Å². The second kappa shape index (κ2) is 11.2. The minimum Gasteiger partial charge on any atom is -0.379 e. The molecular formula is C24H26BrFN4OS. The van der Waals surface area contributed by atoms with Gasteiger partial charge in [-0.3, -0.25) is 9.89 Å². The lowest BCUT2D eigenvalue weighted by molar-refractivity contribution is 0.0417. The third kappa shape index (κ3) is 6.72. The molecule has 0 bridgehead atoms. The Kier molecular flexibility index (Phi) is 8.09. The van der Waals surface area contributed by atoms with E-state index in [4.69, 9.17) is 9.73 Å². The van der Waals surface area contributed by atoms with Crippen molar-refractivity contribution in [1.29, 1.82) is 0 Å². The van der Waals surface area contributed by atoms with Crippen LogP contribution in [0.25, 0.3) is 0 Å². The summed E-state index contributed by atoms with van der Waals surface area (Å²) < 4.78 is 18.4. The number of morpholine rings is 1. The summed E-state index contributed by atoms with van der Waals surface area (Å²) in [6.07, 6.45) is 4.31. The third-order valence-corrected chi connectivity index (χ3v) is 6.50. The van der Waals surface area contributed by atoms with Gasteiger partial charge in [0, 0.05) is 52.9 Å². The van der Waals surface area contributed by atoms with Gasteiger partial charge in [-0.05, 0) is 38.0 Å². The Labute approximate surface area is 200 Å². The van der Waals surface area contributed by atoms with Crippen molar-refractivity contribution in [2.24, 2.45) is 10.9 Å². The molecule has 0 amide bonds. The third-order valence-electron chi connectivity index (χ3n) is 5.23. The smallest absolute Gasteiger partial charge is 0.162 e. The van der Waals surface area contributed by atoms with Crippen molar-refractivity contribution in [3.05, 3.63) is 62.4 Å². The molecule has 8 heteroatoms. The largest absolute Gasteiger partial charge is 0.379 e. The highest BCUT2D eigenvalue weighted by Crippen LogP contribution is 2.28. The fraction of sp³-hybridized carbons (Fsp3) is 0.417. The van der Waals surface area contributed by atoms with Gasteiger partial charge in [-0.25, -0.2) is 9.37 Å². The summed E-state index contributed by atoms with van der Waals surface area (Å²) in [5.74, 6) is 8.08. The normalized spacial score (nSPS) is 21.0. The molecule has 2 aromatic rings. The Morgan fingerprint density at radius 1 is 1.31 bits per heavy atom. The number of aromatic nitrogens is 1. The van der Waals surface area contributed by atoms with Crippen LogP contribution in [-0.4, -0.2) is 54.6 Å². The zero-order chi connectivity index (χ0) is 22.3. The summed E-state index contributed by atoms with van der Waals surface area (Å²) in [5.41, 5.74) is 2.31. The van der Waals surface area contributed by atoms with Gasteiger partial charge in [-0.2, -0.15) is 0 Å². The number of nitrogens with one attached hydrogen (secondary N) is 1. The maximum atomic E-state index is 12.1. The van der Waals surface area contributed by atoms with Crippen molar-refractivity contribution in [3.63, 3.8) is 0 Å². The first-order chi connectivity index (χ1) is 15.6. The van der Waals surface area contributed by atoms with Gasteiger partial charge < -0.3 is 10.1 Å². The molecule has 2 aliphatic heterocycles. The van der Waals surface area contributed by atoms with Crippen molar-refractivity contribution < 1.29 is 9.13 Å². The van der Waals surface area contributed by atoms with Crippen LogP contribution in [0.3, 0.4) is 0 Å². The topological polar surface area (TPSA) is 49.8 Å². The molecule has 3 aliphatic rings. The molecule has 1 aliphatic carbocycles. The average Bonchev–Trinajstić information content (AvgIpc) is 3.44. The molecule has 3 heterocycles. The molecule has 168 valence electrons. The van der Waals surface area contributed by atoms with Gasteiger partial charge in [-0.1, -0.05) is 33.8 Å². The lowest BCUT2D eigenvalue weighted by Gasteiger charge is -2.30. The zero-order valence-corrected chi connectivity index (χ0v) is 20.4. The lowest BCUT2D eigenvalue weighted by atomic mass is 10.0. The van der Waals surface area contributed by atoms with Crippen molar-refractivity contribution >= 4 is 33.1 Å². The summed E-state index contributed by atoms with van der Waals surface area (Å²) in [7, 11) is 0. The number of hydrogen-bond acceptors (Lipinski definition) is 6. The highest BCUT2D eigenvalue weighted by atomic mass is 79.9. The number of rotatable bonds is 3. The first-order valence-electron chi connectivity index (χ1n) is 10.8. The standard InChI is InChI=1S/C18H22N4OS.C6H4BrF/c1-13-15(5-4-14-2-3-14)16(12-22-7-9-23-10-8-22)21-17(20-13)18-19-6-11-24-18;7-5-2-1-3-6(8)4-5/h6,11,13-14H,2-3,7-10,12H2,1H3,(H,20,21);1-4H. The Bertz CT molecular complexity index is 1020. The molecule has 1 saturated carbocycles. The van der Waals surface area contributed by atoms with E-state index in [1.807, 2.05) is 11.6 Å². The van der Waals surface area contributed by atoms with E-state index in [9.17, 15) is 4.39 Å². The number of nitrogens with zero attached hydrogens (tertiary/aromatic N) is 3. The number of amidine groups is 1. The molecule has 2 fully saturated rings. The van der Waals surface area contributed by atoms with Gasteiger partial charge in [0.2, 0.25) is 0 Å². The van der Waals surface area contributed by atoms with Crippen molar-refractivity contribution in [2.45, 2.75) is 25.8 Å². The van der Waals surface area contributed by atoms with E-state index in [0.717, 1.165) is 53.7 Å². The number of thiazole rings is 1. The first kappa shape index (κ1) is 23.1. The van der Waals surface area contributed by atoms with Gasteiger partial charge >= 0.3 is 0 Å². The molecule has 32 heavy (non-hydrogen) atoms. The molecule has 1 aromatic heterocycles. The molecule has 0 radical (unpaired) electrons. The van der Waals surface area contributed by atoms with Crippen LogP contribution in [0.4, 0.5) is 4.39 Å². The van der Waals surface area contributed by atoms with Crippen molar-refractivity contribution in [1.82, 2.24) is 15.2 Å². The highest BCUT2D eigenvalue weighted by Gasteiger charge is 2.25. The number of ether oxygens (including phenoxy) is 1. The fourth-order valence-electron chi connectivity index (χ4n) is 3.36. The molecule has 1 saturated heterocycles. The van der Waals surface area contributed by atoms with E-state index in [1.54, 1.807) is 23.5 Å². The summed E-state index contributed by atoms with van der Waals surface area (Å²) in [4.78, 5) is 11.6. The molecule has 5 rings (SSSR count). The van der Waals surface area contributed by atoms with Crippen molar-refractivity contribution in [3.8, 4) is 11.8 Å². The minimum atomic E-state index is -0.209. The number of aliphatic imine (C=N–C) groups is 1. The lowest BCUT2D eigenvalue weighted by Crippen LogP contribution is -2.43. The van der Waals surface area contributed by atoms with Crippen LogP contribution in [0.5, 0.6) is 0 Å². The molecule has 5 nitrogen and oxygen atoms in total. The van der Waals surface area contributed by atoms with E-state index >= 15 is 0 Å². The molecule has 1 unspecified atom stereocenters. The molecule has 1 atom stereocenters. The Hall–Kier alpha value is -2.05. The molecule has 1 N–H and O–H groups in total. The molecular weight excluding hydrogens is 491 g/mol. The number of benzene rings is 1. The monoisotopic (exact) mass is 516 g/mol. The minimum absolute atomic E-state index is 0.0763. The Morgan fingerprint density at radius 2 is 2.12 bits per heavy atom. The SMILES string of the molecule is CC1N=C(c2nccs2)NC(CN2CCOCC2)=C1C#CC1CC1.Fc1cccc(Br)c1. The van der Waals surface area contributed by atoms with Gasteiger partial charge in [0.1, 0.15) is 5.82 Å². The van der Waals surface area contributed by atoms with Gasteiger partial charge in [-0.15, -0.1) is 11.3 Å². The summed E-state index contributed by atoms with van der Waals surface area (Å²) in [6.45, 7) is 6.54. The van der Waals surface area contributed by atoms with Crippen LogP contribution in [-0.2, 0) is 4.74 Å². The van der Waals surface area contributed by atoms with Gasteiger partial charge in [0.05, 0.1) is 19.3 Å². The zero-order valence-electron chi connectivity index (χ0n) is 18.0. The predicted molar refractivity (Wildman–Crippen MR) is 130 cm³/mol. The first-order valence-corrected chi connectivity index (χ1v) is 12.5. The Balaban J connectivity index is 0.000000260. The van der Waals surface area contributed by atoms with Crippen LogP contribution in [0, 0.1) is 23.6 Å². The Morgan fingerprint density at radius 3 is 2.75 bits per heavy atom. The fourth-order valence-corrected chi connectivity index (χ4v) is 4.32. The van der Waals surface area contributed by atoms with Crippen LogP contribution >= 0.6 is 27.3 Å². The van der Waals surface area contributed by atoms with E-state index in [-0.39, 0.29) is 11.9 Å².